The molecule has 0 aliphatic carbocycles. The van der Waals surface area contributed by atoms with Crippen LogP contribution >= 0.6 is 23.2 Å². The molecule has 3 aromatic rings. The van der Waals surface area contributed by atoms with Crippen molar-refractivity contribution in [2.45, 2.75) is 45.3 Å². The highest BCUT2D eigenvalue weighted by Gasteiger charge is 2.28. The Hall–Kier alpha value is -3.02. The van der Waals surface area contributed by atoms with E-state index in [1.165, 1.54) is 13.8 Å². The predicted octanol–water partition coefficient (Wildman–Crippen LogP) is 5.06. The molecule has 1 aromatic heterocycles. The van der Waals surface area contributed by atoms with Crippen molar-refractivity contribution in [2.24, 2.45) is 7.05 Å². The number of nitrogens with zero attached hydrogens (tertiary/aromatic N) is 3. The number of alkyl halides is 3. The summed E-state index contributed by atoms with van der Waals surface area (Å²) in [5.41, 5.74) is 1.13. The standard InChI is InChI=1S/C28H32Cl2F3N5O3/c1-27(2,31)26(40)34-14-16-5-6-19(29)17(24(16)30)12-23-36-20-11-18(25(39)35-15-28(3,32)33)21(13-22(20)37(23)4)38-7-9-41-10-8-38/h5-6,11,13H,7-10,12,14-15H2,1-4H3,(H,34,40)(H,35,39). The Labute approximate surface area is 246 Å². The number of aryl methyl sites for hydroxylation is 1. The molecule has 0 spiro atoms. The van der Waals surface area contributed by atoms with Crippen LogP contribution in [0.4, 0.5) is 18.9 Å². The Balaban J connectivity index is 1.69. The van der Waals surface area contributed by atoms with Gasteiger partial charge in [-0.1, -0.05) is 29.3 Å². The minimum atomic E-state index is -3.06. The number of imidazole rings is 1. The highest BCUT2D eigenvalue weighted by molar-refractivity contribution is 6.36. The minimum absolute atomic E-state index is 0.00983. The molecule has 2 amide bonds. The number of fused-ring (bicyclic) bond motifs is 1. The number of ether oxygens (including phenoxy) is 1. The summed E-state index contributed by atoms with van der Waals surface area (Å²) >= 11 is 13.2. The quantitative estimate of drug-likeness (QED) is 0.352. The number of carbonyl (C=O) groups is 2. The lowest BCUT2D eigenvalue weighted by Crippen LogP contribution is -2.39. The first-order valence-corrected chi connectivity index (χ1v) is 13.8. The number of hydrogen-bond donors (Lipinski definition) is 2. The predicted molar refractivity (Wildman–Crippen MR) is 153 cm³/mol. The molecule has 0 atom stereocenters. The molecular weight excluding hydrogens is 582 g/mol. The van der Waals surface area contributed by atoms with Crippen molar-refractivity contribution in [3.05, 3.63) is 56.8 Å². The van der Waals surface area contributed by atoms with Gasteiger partial charge in [0, 0.05) is 45.0 Å². The SMILES string of the molecule is Cn1c(Cc2c(Cl)ccc(CNC(=O)C(C)(C)F)c2Cl)nc2cc(C(=O)NCC(C)(F)F)c(N3CCOCC3)cc21. The van der Waals surface area contributed by atoms with Crippen LogP contribution < -0.4 is 15.5 Å². The first-order valence-electron chi connectivity index (χ1n) is 13.1. The molecule has 0 saturated carbocycles. The fourth-order valence-electron chi connectivity index (χ4n) is 4.50. The lowest BCUT2D eigenvalue weighted by atomic mass is 10.1. The van der Waals surface area contributed by atoms with Crippen LogP contribution in [0.25, 0.3) is 11.0 Å². The van der Waals surface area contributed by atoms with Crippen molar-refractivity contribution >= 4 is 51.7 Å². The average molecular weight is 614 g/mol. The molecule has 41 heavy (non-hydrogen) atoms. The highest BCUT2D eigenvalue weighted by Crippen LogP contribution is 2.33. The zero-order valence-corrected chi connectivity index (χ0v) is 24.7. The summed E-state index contributed by atoms with van der Waals surface area (Å²) in [6.45, 7) is 4.31. The van der Waals surface area contributed by atoms with E-state index in [2.05, 4.69) is 10.6 Å². The lowest BCUT2D eigenvalue weighted by molar-refractivity contribution is -0.130. The maximum absolute atomic E-state index is 13.9. The summed E-state index contributed by atoms with van der Waals surface area (Å²) in [6.07, 6.45) is 0.218. The third-order valence-electron chi connectivity index (χ3n) is 6.83. The summed E-state index contributed by atoms with van der Waals surface area (Å²) in [4.78, 5) is 31.8. The van der Waals surface area contributed by atoms with Crippen LogP contribution in [0, 0.1) is 0 Å². The van der Waals surface area contributed by atoms with Crippen molar-refractivity contribution in [3.63, 3.8) is 0 Å². The summed E-state index contributed by atoms with van der Waals surface area (Å²) in [5, 5.41) is 5.56. The van der Waals surface area contributed by atoms with E-state index in [1.807, 2.05) is 22.6 Å². The second kappa shape index (κ2) is 12.1. The van der Waals surface area contributed by atoms with Gasteiger partial charge in [-0.3, -0.25) is 9.59 Å². The number of morpholine rings is 1. The highest BCUT2D eigenvalue weighted by atomic mass is 35.5. The fraction of sp³-hybridized carbons (Fsp3) is 0.464. The molecule has 0 radical (unpaired) electrons. The summed E-state index contributed by atoms with van der Waals surface area (Å²) < 4.78 is 48.2. The van der Waals surface area contributed by atoms with Crippen LogP contribution in [0.3, 0.4) is 0 Å². The van der Waals surface area contributed by atoms with E-state index >= 15 is 0 Å². The Morgan fingerprint density at radius 3 is 2.39 bits per heavy atom. The number of anilines is 1. The molecule has 222 valence electrons. The third-order valence-corrected chi connectivity index (χ3v) is 7.65. The third kappa shape index (κ3) is 7.25. The second-order valence-electron chi connectivity index (χ2n) is 10.6. The van der Waals surface area contributed by atoms with E-state index in [1.54, 1.807) is 18.2 Å². The molecule has 1 fully saturated rings. The van der Waals surface area contributed by atoms with E-state index in [-0.39, 0.29) is 18.5 Å². The van der Waals surface area contributed by atoms with Gasteiger partial charge >= 0.3 is 0 Å². The van der Waals surface area contributed by atoms with Gasteiger partial charge < -0.3 is 24.8 Å². The zero-order valence-electron chi connectivity index (χ0n) is 23.2. The number of rotatable bonds is 9. The minimum Gasteiger partial charge on any atom is -0.378 e. The van der Waals surface area contributed by atoms with Gasteiger partial charge in [-0.15, -0.1) is 0 Å². The van der Waals surface area contributed by atoms with Crippen molar-refractivity contribution in [3.8, 4) is 0 Å². The van der Waals surface area contributed by atoms with E-state index in [0.717, 1.165) is 12.4 Å². The van der Waals surface area contributed by atoms with Crippen LogP contribution in [0.1, 0.15) is 48.1 Å². The maximum Gasteiger partial charge on any atom is 0.262 e. The van der Waals surface area contributed by atoms with Gasteiger partial charge in [-0.25, -0.2) is 18.2 Å². The average Bonchev–Trinajstić information content (AvgIpc) is 3.21. The Bertz CT molecular complexity index is 1460. The second-order valence-corrected chi connectivity index (χ2v) is 11.4. The smallest absolute Gasteiger partial charge is 0.262 e. The Kier molecular flexibility index (Phi) is 9.10. The lowest BCUT2D eigenvalue weighted by Gasteiger charge is -2.30. The first kappa shape index (κ1) is 30.9. The Morgan fingerprint density at radius 1 is 1.07 bits per heavy atom. The molecule has 0 unspecified atom stereocenters. The van der Waals surface area contributed by atoms with Crippen molar-refractivity contribution in [1.82, 2.24) is 20.2 Å². The van der Waals surface area contributed by atoms with Crippen LogP contribution in [0.15, 0.2) is 24.3 Å². The monoisotopic (exact) mass is 613 g/mol. The molecule has 13 heteroatoms. The topological polar surface area (TPSA) is 88.5 Å². The molecule has 2 aromatic carbocycles. The van der Waals surface area contributed by atoms with Gasteiger partial charge in [0.25, 0.3) is 17.7 Å². The number of carbonyl (C=O) groups excluding carboxylic acids is 2. The molecule has 1 saturated heterocycles. The summed E-state index contributed by atoms with van der Waals surface area (Å²) in [6, 6.07) is 6.73. The summed E-state index contributed by atoms with van der Waals surface area (Å²) in [5.74, 6) is -3.87. The van der Waals surface area contributed by atoms with E-state index in [9.17, 15) is 22.8 Å². The number of nitrogens with one attached hydrogen (secondary N) is 2. The summed E-state index contributed by atoms with van der Waals surface area (Å²) in [7, 11) is 1.82. The normalized spacial score (nSPS) is 14.4. The van der Waals surface area contributed by atoms with Crippen LogP contribution in [0.2, 0.25) is 10.0 Å². The van der Waals surface area contributed by atoms with Crippen molar-refractivity contribution < 1.29 is 27.5 Å². The largest absolute Gasteiger partial charge is 0.378 e. The molecule has 1 aliphatic heterocycles. The van der Waals surface area contributed by atoms with E-state index in [0.29, 0.717) is 64.5 Å². The molecule has 8 nitrogen and oxygen atoms in total. The van der Waals surface area contributed by atoms with Gasteiger partial charge in [0.15, 0.2) is 5.67 Å². The number of amides is 2. The molecule has 4 rings (SSSR count). The van der Waals surface area contributed by atoms with Gasteiger partial charge in [0.1, 0.15) is 5.82 Å². The van der Waals surface area contributed by atoms with E-state index < -0.39 is 30.0 Å². The number of halogens is 5. The van der Waals surface area contributed by atoms with Crippen LogP contribution in [-0.2, 0) is 29.5 Å². The first-order chi connectivity index (χ1) is 19.2. The molecule has 2 heterocycles. The van der Waals surface area contributed by atoms with Crippen molar-refractivity contribution in [2.75, 3.05) is 37.7 Å². The molecule has 2 N–H and O–H groups in total. The van der Waals surface area contributed by atoms with Gasteiger partial charge in [-0.2, -0.15) is 0 Å². The molecular formula is C28H32Cl2F3N5O3. The van der Waals surface area contributed by atoms with Gasteiger partial charge in [0.2, 0.25) is 0 Å². The van der Waals surface area contributed by atoms with Crippen LogP contribution in [-0.4, -0.2) is 65.8 Å². The zero-order chi connectivity index (χ0) is 30.1. The Morgan fingerprint density at radius 2 is 1.76 bits per heavy atom. The van der Waals surface area contributed by atoms with Gasteiger partial charge in [0.05, 0.1) is 47.1 Å². The molecule has 1 aliphatic rings. The number of benzene rings is 2. The number of aromatic nitrogens is 2. The molecule has 0 bridgehead atoms. The van der Waals surface area contributed by atoms with Gasteiger partial charge in [-0.05, 0) is 43.2 Å². The van der Waals surface area contributed by atoms with Crippen LogP contribution in [0.5, 0.6) is 0 Å². The fourth-order valence-corrected chi connectivity index (χ4v) is 5.07. The van der Waals surface area contributed by atoms with Crippen molar-refractivity contribution in [1.29, 1.82) is 0 Å². The number of hydrogen-bond acceptors (Lipinski definition) is 5. The van der Waals surface area contributed by atoms with E-state index in [4.69, 9.17) is 32.9 Å². The maximum atomic E-state index is 13.9.